The Balaban J connectivity index is 1.49. The van der Waals surface area contributed by atoms with E-state index in [0.29, 0.717) is 25.3 Å². The average Bonchev–Trinajstić information content (AvgIpc) is 3.13. The minimum Gasteiger partial charge on any atom is -0.386 e. The van der Waals surface area contributed by atoms with Crippen LogP contribution in [0, 0.1) is 0 Å². The molecule has 0 aromatic carbocycles. The molecule has 0 aliphatic carbocycles. The van der Waals surface area contributed by atoms with Crippen molar-refractivity contribution >= 4 is 23.2 Å². The fraction of sp³-hybridized carbons (Fsp3) is 0.471. The quantitative estimate of drug-likeness (QED) is 0.831. The smallest absolute Gasteiger partial charge is 0.225 e. The van der Waals surface area contributed by atoms with Gasteiger partial charge in [-0.15, -0.1) is 11.3 Å². The first-order chi connectivity index (χ1) is 11.6. The van der Waals surface area contributed by atoms with Gasteiger partial charge in [0.1, 0.15) is 0 Å². The molecule has 3 rings (SSSR count). The number of nitrogens with one attached hydrogen (secondary N) is 1. The second-order valence-corrected chi connectivity index (χ2v) is 7.19. The Morgan fingerprint density at radius 3 is 2.96 bits per heavy atom. The van der Waals surface area contributed by atoms with Crippen LogP contribution in [0.2, 0.25) is 0 Å². The minimum atomic E-state index is -0.934. The Labute approximate surface area is 145 Å². The van der Waals surface area contributed by atoms with Crippen molar-refractivity contribution in [3.05, 3.63) is 40.8 Å². The molecule has 1 aliphatic rings. The molecule has 0 radical (unpaired) electrons. The van der Waals surface area contributed by atoms with E-state index in [-0.39, 0.29) is 12.5 Å². The third-order valence-corrected chi connectivity index (χ3v) is 5.12. The maximum atomic E-state index is 12.0. The number of rotatable bonds is 6. The summed E-state index contributed by atoms with van der Waals surface area (Å²) >= 11 is 1.66. The number of piperidine rings is 1. The summed E-state index contributed by atoms with van der Waals surface area (Å²) < 4.78 is 0. The highest BCUT2D eigenvalue weighted by Gasteiger charge is 2.34. The SMILES string of the molecule is O=C(CCc1cccs1)NC[C@@]1(O)CCCN(c2ncccn2)C1. The van der Waals surface area contributed by atoms with Gasteiger partial charge in [0, 0.05) is 36.8 Å². The number of aromatic nitrogens is 2. The summed E-state index contributed by atoms with van der Waals surface area (Å²) in [6.45, 7) is 1.51. The summed E-state index contributed by atoms with van der Waals surface area (Å²) in [5.74, 6) is 0.601. The number of β-amino-alcohol motifs (C(OH)–C–C–N with tert-alkyl or cyclic N) is 1. The highest BCUT2D eigenvalue weighted by molar-refractivity contribution is 7.09. The molecule has 0 spiro atoms. The van der Waals surface area contributed by atoms with Gasteiger partial charge < -0.3 is 15.3 Å². The van der Waals surface area contributed by atoms with Gasteiger partial charge in [-0.2, -0.15) is 0 Å². The van der Waals surface area contributed by atoms with Crippen molar-refractivity contribution in [2.45, 2.75) is 31.3 Å². The lowest BCUT2D eigenvalue weighted by atomic mass is 9.93. The number of thiophene rings is 1. The summed E-state index contributed by atoms with van der Waals surface area (Å²) in [7, 11) is 0. The van der Waals surface area contributed by atoms with Crippen LogP contribution in [-0.2, 0) is 11.2 Å². The van der Waals surface area contributed by atoms with Crippen LogP contribution >= 0.6 is 11.3 Å². The summed E-state index contributed by atoms with van der Waals surface area (Å²) in [5, 5.41) is 15.7. The van der Waals surface area contributed by atoms with Crippen LogP contribution in [0.3, 0.4) is 0 Å². The van der Waals surface area contributed by atoms with Crippen LogP contribution in [0.1, 0.15) is 24.1 Å². The zero-order chi connectivity index (χ0) is 16.8. The van der Waals surface area contributed by atoms with Crippen LogP contribution in [0.5, 0.6) is 0 Å². The Kier molecular flexibility index (Phi) is 5.42. The van der Waals surface area contributed by atoms with Crippen LogP contribution in [0.25, 0.3) is 0 Å². The topological polar surface area (TPSA) is 78.4 Å². The minimum absolute atomic E-state index is 0.0232. The van der Waals surface area contributed by atoms with E-state index in [4.69, 9.17) is 0 Å². The molecule has 24 heavy (non-hydrogen) atoms. The van der Waals surface area contributed by atoms with Crippen molar-refractivity contribution < 1.29 is 9.90 Å². The number of carbonyl (C=O) groups is 1. The molecule has 0 bridgehead atoms. The van der Waals surface area contributed by atoms with Crippen molar-refractivity contribution in [2.24, 2.45) is 0 Å². The molecule has 1 aliphatic heterocycles. The standard InChI is InChI=1S/C17H22N4O2S/c22-15(6-5-14-4-1-11-24-14)20-12-17(23)7-2-10-21(13-17)16-18-8-3-9-19-16/h1,3-4,8-9,11,23H,2,5-7,10,12-13H2,(H,20,22)/t17-/m0/s1. The Morgan fingerprint density at radius 2 is 2.21 bits per heavy atom. The third kappa shape index (κ3) is 4.52. The van der Waals surface area contributed by atoms with Crippen LogP contribution < -0.4 is 10.2 Å². The van der Waals surface area contributed by atoms with Crippen LogP contribution in [0.15, 0.2) is 36.0 Å². The maximum absolute atomic E-state index is 12.0. The predicted molar refractivity (Wildman–Crippen MR) is 94.1 cm³/mol. The molecular formula is C17H22N4O2S. The molecule has 0 unspecified atom stereocenters. The van der Waals surface area contributed by atoms with Gasteiger partial charge >= 0.3 is 0 Å². The predicted octanol–water partition coefficient (Wildman–Crippen LogP) is 1.62. The number of anilines is 1. The summed E-state index contributed by atoms with van der Waals surface area (Å²) in [6.07, 6.45) is 6.10. The number of hydrogen-bond donors (Lipinski definition) is 2. The van der Waals surface area contributed by atoms with Gasteiger partial charge in [-0.25, -0.2) is 9.97 Å². The van der Waals surface area contributed by atoms with Gasteiger partial charge in [0.2, 0.25) is 11.9 Å². The van der Waals surface area contributed by atoms with Crippen LogP contribution in [-0.4, -0.2) is 46.2 Å². The average molecular weight is 346 g/mol. The Bertz CT molecular complexity index is 650. The second-order valence-electron chi connectivity index (χ2n) is 6.15. The zero-order valence-electron chi connectivity index (χ0n) is 13.5. The van der Waals surface area contributed by atoms with Gasteiger partial charge in [0.05, 0.1) is 12.1 Å². The molecule has 2 N–H and O–H groups in total. The van der Waals surface area contributed by atoms with Crippen molar-refractivity contribution in [3.63, 3.8) is 0 Å². The van der Waals surface area contributed by atoms with Gasteiger partial charge in [-0.05, 0) is 36.8 Å². The summed E-state index contributed by atoms with van der Waals surface area (Å²) in [5.41, 5.74) is -0.934. The van der Waals surface area contributed by atoms with Gasteiger partial charge in [-0.3, -0.25) is 4.79 Å². The number of hydrogen-bond acceptors (Lipinski definition) is 6. The van der Waals surface area contributed by atoms with Crippen LogP contribution in [0.4, 0.5) is 5.95 Å². The fourth-order valence-corrected chi connectivity index (χ4v) is 3.63. The van der Waals surface area contributed by atoms with E-state index in [2.05, 4.69) is 15.3 Å². The molecule has 3 heterocycles. The first-order valence-electron chi connectivity index (χ1n) is 8.18. The number of carbonyl (C=O) groups excluding carboxylic acids is 1. The number of aryl methyl sites for hydroxylation is 1. The highest BCUT2D eigenvalue weighted by atomic mass is 32.1. The van der Waals surface area contributed by atoms with E-state index in [1.165, 1.54) is 4.88 Å². The lowest BCUT2D eigenvalue weighted by Gasteiger charge is -2.39. The Morgan fingerprint density at radius 1 is 1.38 bits per heavy atom. The van der Waals surface area contributed by atoms with E-state index in [0.717, 1.165) is 19.4 Å². The van der Waals surface area contributed by atoms with E-state index in [1.54, 1.807) is 29.8 Å². The molecule has 0 saturated carbocycles. The summed E-state index contributed by atoms with van der Waals surface area (Å²) in [6, 6.07) is 5.79. The second kappa shape index (κ2) is 7.72. The molecule has 1 saturated heterocycles. The Hall–Kier alpha value is -1.99. The van der Waals surface area contributed by atoms with E-state index < -0.39 is 5.60 Å². The van der Waals surface area contributed by atoms with Crippen molar-refractivity contribution in [3.8, 4) is 0 Å². The lowest BCUT2D eigenvalue weighted by Crippen LogP contribution is -2.54. The highest BCUT2D eigenvalue weighted by Crippen LogP contribution is 2.23. The maximum Gasteiger partial charge on any atom is 0.225 e. The summed E-state index contributed by atoms with van der Waals surface area (Å²) in [4.78, 5) is 23.7. The van der Waals surface area contributed by atoms with E-state index >= 15 is 0 Å². The molecule has 1 fully saturated rings. The zero-order valence-corrected chi connectivity index (χ0v) is 14.3. The number of amides is 1. The molecule has 128 valence electrons. The first kappa shape index (κ1) is 16.9. The molecule has 2 aromatic rings. The van der Waals surface area contributed by atoms with E-state index in [1.807, 2.05) is 22.4 Å². The monoisotopic (exact) mass is 346 g/mol. The molecular weight excluding hydrogens is 324 g/mol. The first-order valence-corrected chi connectivity index (χ1v) is 9.06. The van der Waals surface area contributed by atoms with Crippen molar-refractivity contribution in [1.82, 2.24) is 15.3 Å². The normalized spacial score (nSPS) is 20.8. The van der Waals surface area contributed by atoms with Gasteiger partial charge in [0.25, 0.3) is 0 Å². The van der Waals surface area contributed by atoms with Crippen molar-refractivity contribution in [2.75, 3.05) is 24.5 Å². The fourth-order valence-electron chi connectivity index (χ4n) is 2.92. The molecule has 1 amide bonds. The molecule has 6 nitrogen and oxygen atoms in total. The number of nitrogens with zero attached hydrogens (tertiary/aromatic N) is 3. The third-order valence-electron chi connectivity index (χ3n) is 4.18. The largest absolute Gasteiger partial charge is 0.386 e. The lowest BCUT2D eigenvalue weighted by molar-refractivity contribution is -0.122. The van der Waals surface area contributed by atoms with Crippen molar-refractivity contribution in [1.29, 1.82) is 0 Å². The molecule has 1 atom stereocenters. The van der Waals surface area contributed by atoms with E-state index in [9.17, 15) is 9.90 Å². The van der Waals surface area contributed by atoms with Gasteiger partial charge in [0.15, 0.2) is 0 Å². The number of aliphatic hydroxyl groups is 1. The van der Waals surface area contributed by atoms with Gasteiger partial charge in [-0.1, -0.05) is 6.07 Å². The molecule has 7 heteroatoms. The molecule has 2 aromatic heterocycles.